The quantitative estimate of drug-likeness (QED) is 0.334. The maximum absolute atomic E-state index is 13.5. The molecule has 0 saturated heterocycles. The van der Waals surface area contributed by atoms with Gasteiger partial charge in [0.1, 0.15) is 19.8 Å². The number of anilines is 2. The highest BCUT2D eigenvalue weighted by molar-refractivity contribution is 8.01. The van der Waals surface area contributed by atoms with Crippen molar-refractivity contribution in [2.75, 3.05) is 35.1 Å². The zero-order valence-corrected chi connectivity index (χ0v) is 21.1. The number of ether oxygens (including phenoxy) is 2. The molecule has 1 amide bonds. The Morgan fingerprint density at radius 1 is 1.12 bits per heavy atom. The Labute approximate surface area is 206 Å². The molecule has 1 aromatic heterocycles. The number of aromatic nitrogens is 2. The average molecular weight is 521 g/mol. The van der Waals surface area contributed by atoms with E-state index in [1.807, 2.05) is 0 Å². The highest BCUT2D eigenvalue weighted by Crippen LogP contribution is 2.36. The van der Waals surface area contributed by atoms with Gasteiger partial charge in [-0.15, -0.1) is 10.2 Å². The third-order valence-electron chi connectivity index (χ3n) is 4.63. The SMILES string of the molecule is CC(C)CSc1nnc(NC(=O)CN(c2ccc3c(c2)OCCO3)S(=O)(=O)c2ccccc2)s1. The molecular weight excluding hydrogens is 496 g/mol. The van der Waals surface area contributed by atoms with Gasteiger partial charge in [-0.1, -0.05) is 55.1 Å². The molecule has 0 spiro atoms. The van der Waals surface area contributed by atoms with Gasteiger partial charge in [-0.05, 0) is 30.2 Å². The van der Waals surface area contributed by atoms with Gasteiger partial charge in [0.05, 0.1) is 10.6 Å². The predicted molar refractivity (Wildman–Crippen MR) is 133 cm³/mol. The van der Waals surface area contributed by atoms with Gasteiger partial charge in [0.2, 0.25) is 11.0 Å². The maximum atomic E-state index is 13.5. The van der Waals surface area contributed by atoms with Crippen molar-refractivity contribution in [2.24, 2.45) is 5.92 Å². The number of nitrogens with zero attached hydrogens (tertiary/aromatic N) is 3. The minimum absolute atomic E-state index is 0.0703. The van der Waals surface area contributed by atoms with Crippen molar-refractivity contribution in [1.82, 2.24) is 10.2 Å². The lowest BCUT2D eigenvalue weighted by Gasteiger charge is -2.26. The van der Waals surface area contributed by atoms with E-state index in [1.54, 1.807) is 48.2 Å². The van der Waals surface area contributed by atoms with E-state index in [0.717, 1.165) is 14.4 Å². The zero-order valence-electron chi connectivity index (χ0n) is 18.6. The van der Waals surface area contributed by atoms with E-state index < -0.39 is 22.5 Å². The fourth-order valence-corrected chi connectivity index (χ4v) is 6.25. The molecule has 34 heavy (non-hydrogen) atoms. The molecule has 9 nitrogen and oxygen atoms in total. The largest absolute Gasteiger partial charge is 0.486 e. The van der Waals surface area contributed by atoms with E-state index in [-0.39, 0.29) is 10.6 Å². The number of carbonyl (C=O) groups excluding carboxylic acids is 1. The summed E-state index contributed by atoms with van der Waals surface area (Å²) in [5, 5.41) is 11.1. The number of fused-ring (bicyclic) bond motifs is 1. The number of amides is 1. The third kappa shape index (κ3) is 5.80. The van der Waals surface area contributed by atoms with Crippen LogP contribution in [0.4, 0.5) is 10.8 Å². The molecule has 2 aromatic carbocycles. The summed E-state index contributed by atoms with van der Waals surface area (Å²) in [7, 11) is -4.04. The molecule has 1 N–H and O–H groups in total. The first-order valence-corrected chi connectivity index (χ1v) is 13.8. The summed E-state index contributed by atoms with van der Waals surface area (Å²) >= 11 is 2.82. The Bertz CT molecular complexity index is 1250. The monoisotopic (exact) mass is 520 g/mol. The average Bonchev–Trinajstić information content (AvgIpc) is 3.28. The van der Waals surface area contributed by atoms with Gasteiger partial charge in [-0.2, -0.15) is 0 Å². The van der Waals surface area contributed by atoms with Crippen LogP contribution in [0.1, 0.15) is 13.8 Å². The Kier molecular flexibility index (Phi) is 7.59. The Morgan fingerprint density at radius 2 is 1.85 bits per heavy atom. The molecule has 12 heteroatoms. The Balaban J connectivity index is 1.58. The molecule has 4 rings (SSSR count). The van der Waals surface area contributed by atoms with E-state index in [9.17, 15) is 13.2 Å². The van der Waals surface area contributed by atoms with Crippen molar-refractivity contribution >= 4 is 49.8 Å². The molecule has 1 aliphatic heterocycles. The fourth-order valence-electron chi connectivity index (χ4n) is 3.07. The molecular formula is C22H24N4O5S3. The van der Waals surface area contributed by atoms with Crippen molar-refractivity contribution in [1.29, 1.82) is 0 Å². The first-order chi connectivity index (χ1) is 16.3. The Hall–Kier alpha value is -2.83. The first kappa shape index (κ1) is 24.3. The topological polar surface area (TPSA) is 111 Å². The van der Waals surface area contributed by atoms with Crippen LogP contribution in [0.25, 0.3) is 0 Å². The summed E-state index contributed by atoms with van der Waals surface area (Å²) < 4.78 is 39.9. The van der Waals surface area contributed by atoms with Gasteiger partial charge < -0.3 is 9.47 Å². The summed E-state index contributed by atoms with van der Waals surface area (Å²) in [6.45, 7) is 4.54. The number of nitrogens with one attached hydrogen (secondary N) is 1. The molecule has 0 aliphatic carbocycles. The van der Waals surface area contributed by atoms with Crippen LogP contribution in [0.5, 0.6) is 11.5 Å². The summed E-state index contributed by atoms with van der Waals surface area (Å²) in [5.74, 6) is 1.79. The van der Waals surface area contributed by atoms with E-state index in [4.69, 9.17) is 9.47 Å². The van der Waals surface area contributed by atoms with Crippen molar-refractivity contribution in [3.8, 4) is 11.5 Å². The van der Waals surface area contributed by atoms with E-state index >= 15 is 0 Å². The lowest BCUT2D eigenvalue weighted by molar-refractivity contribution is -0.114. The van der Waals surface area contributed by atoms with Crippen LogP contribution in [0.3, 0.4) is 0 Å². The second kappa shape index (κ2) is 10.6. The van der Waals surface area contributed by atoms with Gasteiger partial charge in [-0.25, -0.2) is 8.42 Å². The fraction of sp³-hybridized carbons (Fsp3) is 0.318. The lowest BCUT2D eigenvalue weighted by Crippen LogP contribution is -2.38. The number of carbonyl (C=O) groups is 1. The predicted octanol–water partition coefficient (Wildman–Crippen LogP) is 3.89. The molecule has 0 unspecified atom stereocenters. The standard InChI is InChI=1S/C22H24N4O5S3/c1-15(2)14-32-22-25-24-21(33-22)23-20(27)13-26(34(28,29)17-6-4-3-5-7-17)16-8-9-18-19(12-16)31-11-10-30-18/h3-9,12,15H,10-11,13-14H2,1-2H3,(H,23,24,27). The maximum Gasteiger partial charge on any atom is 0.264 e. The van der Waals surface area contributed by atoms with Crippen molar-refractivity contribution in [3.05, 3.63) is 48.5 Å². The van der Waals surface area contributed by atoms with Gasteiger partial charge >= 0.3 is 0 Å². The van der Waals surface area contributed by atoms with Gasteiger partial charge in [0.25, 0.3) is 10.0 Å². The van der Waals surface area contributed by atoms with Crippen LogP contribution < -0.4 is 19.1 Å². The second-order valence-corrected chi connectivity index (χ2v) is 11.9. The van der Waals surface area contributed by atoms with E-state index in [1.165, 1.54) is 23.5 Å². The zero-order chi connectivity index (χ0) is 24.1. The smallest absolute Gasteiger partial charge is 0.264 e. The highest BCUT2D eigenvalue weighted by Gasteiger charge is 2.29. The third-order valence-corrected chi connectivity index (χ3v) is 8.81. The molecule has 2 heterocycles. The molecule has 0 saturated carbocycles. The van der Waals surface area contributed by atoms with E-state index in [2.05, 4.69) is 29.4 Å². The summed E-state index contributed by atoms with van der Waals surface area (Å²) in [5.41, 5.74) is 0.286. The van der Waals surface area contributed by atoms with Crippen molar-refractivity contribution < 1.29 is 22.7 Å². The number of rotatable bonds is 9. The van der Waals surface area contributed by atoms with E-state index in [0.29, 0.717) is 35.8 Å². The second-order valence-electron chi connectivity index (χ2n) is 7.78. The number of benzene rings is 2. The summed E-state index contributed by atoms with van der Waals surface area (Å²) in [4.78, 5) is 13.0. The first-order valence-electron chi connectivity index (χ1n) is 10.6. The Morgan fingerprint density at radius 3 is 2.59 bits per heavy atom. The van der Waals surface area contributed by atoms with Crippen molar-refractivity contribution in [2.45, 2.75) is 23.1 Å². The highest BCUT2D eigenvalue weighted by atomic mass is 32.2. The molecule has 180 valence electrons. The van der Waals surface area contributed by atoms with Crippen molar-refractivity contribution in [3.63, 3.8) is 0 Å². The molecule has 3 aromatic rings. The molecule has 0 atom stereocenters. The molecule has 0 radical (unpaired) electrons. The lowest BCUT2D eigenvalue weighted by atomic mass is 10.2. The number of sulfonamides is 1. The number of hydrogen-bond acceptors (Lipinski definition) is 9. The van der Waals surface area contributed by atoms with Crippen LogP contribution >= 0.6 is 23.1 Å². The minimum atomic E-state index is -4.04. The van der Waals surface area contributed by atoms with Crippen LogP contribution in [0.15, 0.2) is 57.8 Å². The number of thioether (sulfide) groups is 1. The molecule has 0 fully saturated rings. The van der Waals surface area contributed by atoms with Gasteiger partial charge in [-0.3, -0.25) is 14.4 Å². The summed E-state index contributed by atoms with van der Waals surface area (Å²) in [6, 6.07) is 12.8. The minimum Gasteiger partial charge on any atom is -0.486 e. The molecule has 1 aliphatic rings. The summed E-state index contributed by atoms with van der Waals surface area (Å²) in [6.07, 6.45) is 0. The van der Waals surface area contributed by atoms with Crippen LogP contribution in [-0.2, 0) is 14.8 Å². The normalized spacial score (nSPS) is 13.0. The van der Waals surface area contributed by atoms with Crippen LogP contribution in [-0.4, -0.2) is 50.0 Å². The molecule has 0 bridgehead atoms. The number of hydrogen-bond donors (Lipinski definition) is 1. The van der Waals surface area contributed by atoms with Gasteiger partial charge in [0.15, 0.2) is 15.8 Å². The van der Waals surface area contributed by atoms with Gasteiger partial charge in [0, 0.05) is 11.8 Å². The van der Waals surface area contributed by atoms with Crippen LogP contribution in [0.2, 0.25) is 0 Å². The van der Waals surface area contributed by atoms with Crippen LogP contribution in [0, 0.1) is 5.92 Å².